The monoisotopic (exact) mass is 1030 g/mol. The molecular formula is C58H106N2O9Si2. The Kier molecular flexibility index (Phi) is 28.0. The summed E-state index contributed by atoms with van der Waals surface area (Å²) in [5.41, 5.74) is 2.90. The summed E-state index contributed by atoms with van der Waals surface area (Å²) in [5.74, 6) is -1.22. The van der Waals surface area contributed by atoms with Gasteiger partial charge in [0, 0.05) is 37.1 Å². The molecule has 2 fully saturated rings. The molecule has 2 amide bonds. The SMILES string of the molecule is C=CCOC(=O)CCCCCCCCCCCCCCCOC(=O)C1=C(CCC[C@@H](C)O[Si](C)(C)C(C)(C)C)NC(=O)N2[C@H](CC3(CC/C=C\[C@H](CC)O[Si](C(C)C)(C(C)C)C(C)C)OCCO3)CC[C@H]12. The molecule has 0 aromatic rings. The minimum absolute atomic E-state index is 0.0720. The largest absolute Gasteiger partial charge is 0.462 e. The van der Waals surface area contributed by atoms with Gasteiger partial charge in [0.2, 0.25) is 8.32 Å². The van der Waals surface area contributed by atoms with E-state index in [-0.39, 0.29) is 47.3 Å². The molecular weight excluding hydrogens is 925 g/mol. The quantitative estimate of drug-likeness (QED) is 0.0280. The van der Waals surface area contributed by atoms with E-state index in [0.717, 1.165) is 64.2 Å². The number of esters is 2. The zero-order chi connectivity index (χ0) is 52.7. The van der Waals surface area contributed by atoms with E-state index in [1.807, 2.05) is 4.90 Å². The van der Waals surface area contributed by atoms with E-state index in [1.165, 1.54) is 51.4 Å². The number of nitrogens with one attached hydrogen (secondary N) is 1. The molecule has 1 N–H and O–H groups in total. The molecule has 4 atom stereocenters. The van der Waals surface area contributed by atoms with Crippen LogP contribution in [0.25, 0.3) is 0 Å². The van der Waals surface area contributed by atoms with Crippen molar-refractivity contribution in [1.29, 1.82) is 0 Å². The third-order valence-corrected chi connectivity index (χ3v) is 26.9. The van der Waals surface area contributed by atoms with Gasteiger partial charge in [0.05, 0.1) is 37.5 Å². The lowest BCUT2D eigenvalue weighted by molar-refractivity contribution is -0.173. The Morgan fingerprint density at radius 2 is 1.38 bits per heavy atom. The average Bonchev–Trinajstić information content (AvgIpc) is 3.94. The number of allylic oxidation sites excluding steroid dienone is 2. The number of urea groups is 1. The Labute approximate surface area is 436 Å². The second-order valence-corrected chi connectivity index (χ2v) is 33.8. The minimum Gasteiger partial charge on any atom is -0.462 e. The van der Waals surface area contributed by atoms with E-state index in [9.17, 15) is 14.4 Å². The summed E-state index contributed by atoms with van der Waals surface area (Å²) in [6.07, 6.45) is 28.3. The second-order valence-electron chi connectivity index (χ2n) is 23.7. The average molecular weight is 1030 g/mol. The fraction of sp³-hybridized carbons (Fsp3) is 0.845. The molecule has 0 aliphatic carbocycles. The predicted molar refractivity (Wildman–Crippen MR) is 296 cm³/mol. The van der Waals surface area contributed by atoms with Crippen LogP contribution in [0.5, 0.6) is 0 Å². The Morgan fingerprint density at radius 3 is 1.92 bits per heavy atom. The van der Waals surface area contributed by atoms with Gasteiger partial charge in [-0.3, -0.25) is 4.79 Å². The molecule has 0 radical (unpaired) electrons. The fourth-order valence-electron chi connectivity index (χ4n) is 11.4. The summed E-state index contributed by atoms with van der Waals surface area (Å²) in [7, 11) is -3.96. The number of amides is 2. The zero-order valence-electron chi connectivity index (χ0n) is 47.7. The first-order valence-electron chi connectivity index (χ1n) is 28.7. The second kappa shape index (κ2) is 31.6. The van der Waals surface area contributed by atoms with Gasteiger partial charge in [-0.2, -0.15) is 0 Å². The lowest BCUT2D eigenvalue weighted by Gasteiger charge is -2.44. The molecule has 11 nitrogen and oxygen atoms in total. The molecule has 13 heteroatoms. The van der Waals surface area contributed by atoms with Crippen LogP contribution < -0.4 is 5.32 Å². The molecule has 3 aliphatic rings. The highest BCUT2D eigenvalue weighted by Crippen LogP contribution is 2.45. The van der Waals surface area contributed by atoms with Crippen molar-refractivity contribution in [3.63, 3.8) is 0 Å². The molecule has 0 unspecified atom stereocenters. The van der Waals surface area contributed by atoms with Crippen LogP contribution in [-0.4, -0.2) is 96.0 Å². The van der Waals surface area contributed by atoms with E-state index in [1.54, 1.807) is 6.08 Å². The van der Waals surface area contributed by atoms with Gasteiger partial charge in [0.1, 0.15) is 6.61 Å². The van der Waals surface area contributed by atoms with Gasteiger partial charge >= 0.3 is 18.0 Å². The van der Waals surface area contributed by atoms with Crippen molar-refractivity contribution in [2.24, 2.45) is 0 Å². The first-order chi connectivity index (χ1) is 33.6. The number of carbonyl (C=O) groups excluding carboxylic acids is 3. The smallest absolute Gasteiger partial charge is 0.337 e. The highest BCUT2D eigenvalue weighted by molar-refractivity contribution is 6.77. The number of hydrogen-bond donors (Lipinski definition) is 1. The number of hydrogen-bond acceptors (Lipinski definition) is 9. The van der Waals surface area contributed by atoms with Crippen molar-refractivity contribution < 1.29 is 42.2 Å². The molecule has 3 aliphatic heterocycles. The number of carbonyl (C=O) groups is 3. The van der Waals surface area contributed by atoms with E-state index in [2.05, 4.69) is 113 Å². The maximum Gasteiger partial charge on any atom is 0.337 e. The van der Waals surface area contributed by atoms with Crippen molar-refractivity contribution in [3.8, 4) is 0 Å². The molecule has 3 heterocycles. The maximum atomic E-state index is 14.3. The Morgan fingerprint density at radius 1 is 0.817 bits per heavy atom. The van der Waals surface area contributed by atoms with Crippen molar-refractivity contribution in [2.75, 3.05) is 26.4 Å². The topological polar surface area (TPSA) is 122 Å². The van der Waals surface area contributed by atoms with Crippen LogP contribution in [0.15, 0.2) is 36.1 Å². The molecule has 0 aromatic carbocycles. The number of nitrogens with zero attached hydrogens (tertiary/aromatic N) is 1. The van der Waals surface area contributed by atoms with Gasteiger partial charge in [-0.05, 0) is 99.5 Å². The molecule has 3 rings (SSSR count). The van der Waals surface area contributed by atoms with Crippen molar-refractivity contribution in [3.05, 3.63) is 36.1 Å². The first kappa shape index (κ1) is 63.0. The summed E-state index contributed by atoms with van der Waals surface area (Å²) in [5, 5.41) is 3.34. The van der Waals surface area contributed by atoms with Gasteiger partial charge in [-0.25, -0.2) is 9.59 Å². The van der Waals surface area contributed by atoms with E-state index >= 15 is 0 Å². The molecule has 0 aromatic heterocycles. The summed E-state index contributed by atoms with van der Waals surface area (Å²) >= 11 is 0. The van der Waals surface area contributed by atoms with E-state index in [4.69, 9.17) is 27.8 Å². The summed E-state index contributed by atoms with van der Waals surface area (Å²) in [4.78, 5) is 42.0. The maximum absolute atomic E-state index is 14.3. The van der Waals surface area contributed by atoms with E-state index < -0.39 is 22.4 Å². The van der Waals surface area contributed by atoms with Crippen LogP contribution in [0, 0.1) is 0 Å². The summed E-state index contributed by atoms with van der Waals surface area (Å²) in [6.45, 7) is 35.1. The predicted octanol–water partition coefficient (Wildman–Crippen LogP) is 15.6. The van der Waals surface area contributed by atoms with Gasteiger partial charge in [0.25, 0.3) is 0 Å². The fourth-order valence-corrected chi connectivity index (χ4v) is 18.4. The van der Waals surface area contributed by atoms with Crippen molar-refractivity contribution in [2.45, 2.75) is 289 Å². The van der Waals surface area contributed by atoms with E-state index in [0.29, 0.717) is 86.4 Å². The molecule has 71 heavy (non-hydrogen) atoms. The normalized spacial score (nSPS) is 19.5. The highest BCUT2D eigenvalue weighted by Gasteiger charge is 2.50. The molecule has 0 bridgehead atoms. The van der Waals surface area contributed by atoms with Crippen LogP contribution in [0.4, 0.5) is 4.79 Å². The Hall–Kier alpha value is -2.30. The van der Waals surface area contributed by atoms with Gasteiger partial charge in [-0.1, -0.05) is 165 Å². The molecule has 410 valence electrons. The number of unbranched alkanes of at least 4 members (excludes halogenated alkanes) is 12. The Balaban J connectivity index is 1.58. The van der Waals surface area contributed by atoms with Crippen LogP contribution in [0.1, 0.15) is 224 Å². The number of ether oxygens (including phenoxy) is 4. The van der Waals surface area contributed by atoms with Gasteiger partial charge in [-0.15, -0.1) is 0 Å². The summed E-state index contributed by atoms with van der Waals surface area (Å²) in [6, 6.07) is -0.625. The standard InChI is InChI=1S/C58H106N2O9Si2/c1-15-40-64-53(61)36-28-26-24-22-20-18-17-19-21-23-25-27-31-41-65-55(62)54-51(35-32-33-48(9)68-70(13,14)57(10,11)12)59-56(63)60-49(37-38-52(54)60)44-58(66-42-43-67-58)39-30-29-34-50(16-2)69-71(45(3)4,46(5)6)47(7)8/h15,29,34,45-50,52H,1,16-28,30-33,35-44H2,2-14H3,(H,59,63)/b34-29-/t48-,49+,50+,52-/m1/s1. The van der Waals surface area contributed by atoms with Crippen LogP contribution in [-0.2, 0) is 37.4 Å². The van der Waals surface area contributed by atoms with Gasteiger partial charge < -0.3 is 38.0 Å². The third-order valence-electron chi connectivity index (χ3n) is 16.2. The zero-order valence-corrected chi connectivity index (χ0v) is 49.7. The Bertz CT molecular complexity index is 1630. The van der Waals surface area contributed by atoms with Crippen LogP contribution in [0.3, 0.4) is 0 Å². The van der Waals surface area contributed by atoms with Crippen LogP contribution in [0.2, 0.25) is 34.8 Å². The van der Waals surface area contributed by atoms with Gasteiger partial charge in [0.15, 0.2) is 14.1 Å². The number of fused-ring (bicyclic) bond motifs is 1. The lowest BCUT2D eigenvalue weighted by atomic mass is 9.97. The molecule has 0 spiro atoms. The first-order valence-corrected chi connectivity index (χ1v) is 33.8. The number of rotatable bonds is 37. The molecule has 0 saturated carbocycles. The third kappa shape index (κ3) is 20.1. The highest BCUT2D eigenvalue weighted by atomic mass is 28.4. The van der Waals surface area contributed by atoms with Crippen molar-refractivity contribution in [1.82, 2.24) is 10.2 Å². The molecule has 2 saturated heterocycles. The summed E-state index contributed by atoms with van der Waals surface area (Å²) < 4.78 is 37.8. The van der Waals surface area contributed by atoms with Crippen molar-refractivity contribution >= 4 is 34.6 Å². The minimum atomic E-state index is -2.03. The van der Waals surface area contributed by atoms with Crippen LogP contribution >= 0.6 is 0 Å². The lowest BCUT2D eigenvalue weighted by Crippen LogP contribution is -2.54.